The molecule has 1 aromatic carbocycles. The number of ether oxygens (including phenoxy) is 1. The minimum absolute atomic E-state index is 0.0754. The first-order chi connectivity index (χ1) is 9.61. The van der Waals surface area contributed by atoms with Gasteiger partial charge in [-0.1, -0.05) is 30.3 Å². The molecule has 0 saturated carbocycles. The normalized spacial score (nSPS) is 11.7. The lowest BCUT2D eigenvalue weighted by Crippen LogP contribution is -2.10. The second-order valence-corrected chi connectivity index (χ2v) is 4.26. The van der Waals surface area contributed by atoms with E-state index in [0.717, 1.165) is 5.56 Å². The fraction of sp³-hybridized carbons (Fsp3) is 0.214. The van der Waals surface area contributed by atoms with Crippen LogP contribution in [0.15, 0.2) is 42.5 Å². The number of rotatable bonds is 5. The van der Waals surface area contributed by atoms with Gasteiger partial charge in [0.15, 0.2) is 0 Å². The van der Waals surface area contributed by atoms with Gasteiger partial charge in [0.2, 0.25) is 11.7 Å². The first-order valence-corrected chi connectivity index (χ1v) is 6.12. The molecule has 6 heteroatoms. The summed E-state index contributed by atoms with van der Waals surface area (Å²) in [7, 11) is 1.47. The summed E-state index contributed by atoms with van der Waals surface area (Å²) >= 11 is 0. The van der Waals surface area contributed by atoms with E-state index < -0.39 is 4.92 Å². The van der Waals surface area contributed by atoms with Crippen LogP contribution in [0.2, 0.25) is 0 Å². The molecule has 20 heavy (non-hydrogen) atoms. The second-order valence-electron chi connectivity index (χ2n) is 4.26. The van der Waals surface area contributed by atoms with Gasteiger partial charge in [-0.3, -0.25) is 10.1 Å². The highest BCUT2D eigenvalue weighted by atomic mass is 16.6. The van der Waals surface area contributed by atoms with Gasteiger partial charge in [-0.05, 0) is 12.5 Å². The predicted octanol–water partition coefficient (Wildman–Crippen LogP) is 3.17. The van der Waals surface area contributed by atoms with Gasteiger partial charge in [-0.15, -0.1) is 0 Å². The van der Waals surface area contributed by atoms with Gasteiger partial charge in [-0.25, -0.2) is 0 Å². The molecule has 6 nitrogen and oxygen atoms in total. The van der Waals surface area contributed by atoms with Gasteiger partial charge in [0.1, 0.15) is 0 Å². The van der Waals surface area contributed by atoms with E-state index in [1.165, 1.54) is 19.2 Å². The lowest BCUT2D eigenvalue weighted by molar-refractivity contribution is -0.384. The number of hydrogen-bond donors (Lipinski definition) is 1. The fourth-order valence-electron chi connectivity index (χ4n) is 1.83. The molecule has 0 aliphatic carbocycles. The maximum atomic E-state index is 11.0. The van der Waals surface area contributed by atoms with Crippen LogP contribution in [0.1, 0.15) is 18.5 Å². The first-order valence-electron chi connectivity index (χ1n) is 6.12. The molecule has 0 spiro atoms. The molecule has 2 aromatic rings. The monoisotopic (exact) mass is 273 g/mol. The van der Waals surface area contributed by atoms with Gasteiger partial charge in [-0.2, -0.15) is 4.98 Å². The zero-order valence-electron chi connectivity index (χ0n) is 11.2. The molecule has 104 valence electrons. The molecule has 1 heterocycles. The number of methoxy groups -OCH3 is 1. The Bertz CT molecular complexity index is 602. The van der Waals surface area contributed by atoms with Crippen LogP contribution >= 0.6 is 0 Å². The summed E-state index contributed by atoms with van der Waals surface area (Å²) in [6.07, 6.45) is 0. The molecule has 0 fully saturated rings. The lowest BCUT2D eigenvalue weighted by Gasteiger charge is -2.15. The van der Waals surface area contributed by atoms with Gasteiger partial charge in [0, 0.05) is 12.1 Å². The molecular formula is C14H15N3O3. The van der Waals surface area contributed by atoms with Crippen molar-refractivity contribution in [3.63, 3.8) is 0 Å². The molecule has 1 aromatic heterocycles. The minimum Gasteiger partial charge on any atom is -0.481 e. The summed E-state index contributed by atoms with van der Waals surface area (Å²) in [5.74, 6) is 0.532. The summed E-state index contributed by atoms with van der Waals surface area (Å²) in [6, 6.07) is 12.4. The summed E-state index contributed by atoms with van der Waals surface area (Å²) in [4.78, 5) is 14.7. The molecule has 0 amide bonds. The number of nitrogens with one attached hydrogen (secondary N) is 1. The van der Waals surface area contributed by atoms with Crippen LogP contribution < -0.4 is 10.1 Å². The van der Waals surface area contributed by atoms with Crippen LogP contribution in [0.3, 0.4) is 0 Å². The number of nitro groups is 1. The van der Waals surface area contributed by atoms with Crippen molar-refractivity contribution in [2.45, 2.75) is 13.0 Å². The summed E-state index contributed by atoms with van der Waals surface area (Å²) in [5, 5.41) is 14.1. The number of anilines is 1. The molecule has 0 aliphatic heterocycles. The van der Waals surface area contributed by atoms with Crippen LogP contribution in [0.4, 0.5) is 11.5 Å². The van der Waals surface area contributed by atoms with E-state index in [0.29, 0.717) is 5.88 Å². The molecular weight excluding hydrogens is 258 g/mol. The Balaban J connectivity index is 2.29. The standard InChI is InChI=1S/C14H15N3O3/c1-10(11-6-4-3-5-7-11)15-14-12(17(18)19)8-9-13(16-14)20-2/h3-10H,1-2H3,(H,15,16). The van der Waals surface area contributed by atoms with E-state index in [4.69, 9.17) is 4.74 Å². The Morgan fingerprint density at radius 3 is 2.55 bits per heavy atom. The van der Waals surface area contributed by atoms with Crippen LogP contribution in [0.25, 0.3) is 0 Å². The topological polar surface area (TPSA) is 77.3 Å². The molecule has 0 aliphatic rings. The minimum atomic E-state index is -0.466. The van der Waals surface area contributed by atoms with Crippen LogP contribution in [-0.4, -0.2) is 17.0 Å². The highest BCUT2D eigenvalue weighted by molar-refractivity contribution is 5.58. The van der Waals surface area contributed by atoms with E-state index in [9.17, 15) is 10.1 Å². The maximum absolute atomic E-state index is 11.0. The predicted molar refractivity (Wildman–Crippen MR) is 75.9 cm³/mol. The third-order valence-electron chi connectivity index (χ3n) is 2.91. The van der Waals surface area contributed by atoms with E-state index in [1.54, 1.807) is 0 Å². The van der Waals surface area contributed by atoms with Crippen molar-refractivity contribution in [3.8, 4) is 5.88 Å². The Hall–Kier alpha value is -2.63. The Morgan fingerprint density at radius 2 is 1.95 bits per heavy atom. The third kappa shape index (κ3) is 3.03. The van der Waals surface area contributed by atoms with Crippen molar-refractivity contribution in [2.24, 2.45) is 0 Å². The van der Waals surface area contributed by atoms with Crippen molar-refractivity contribution < 1.29 is 9.66 Å². The lowest BCUT2D eigenvalue weighted by atomic mass is 10.1. The van der Waals surface area contributed by atoms with Crippen LogP contribution in [-0.2, 0) is 0 Å². The number of aromatic nitrogens is 1. The highest BCUT2D eigenvalue weighted by Gasteiger charge is 2.18. The summed E-state index contributed by atoms with van der Waals surface area (Å²) in [6.45, 7) is 1.92. The van der Waals surface area contributed by atoms with Gasteiger partial charge < -0.3 is 10.1 Å². The largest absolute Gasteiger partial charge is 0.481 e. The molecule has 0 bridgehead atoms. The Morgan fingerprint density at radius 1 is 1.25 bits per heavy atom. The van der Waals surface area contributed by atoms with Crippen molar-refractivity contribution in [3.05, 3.63) is 58.1 Å². The van der Waals surface area contributed by atoms with Crippen LogP contribution in [0, 0.1) is 10.1 Å². The molecule has 1 atom stereocenters. The van der Waals surface area contributed by atoms with Crippen molar-refractivity contribution in [1.82, 2.24) is 4.98 Å². The molecule has 0 saturated heterocycles. The average molecular weight is 273 g/mol. The quantitative estimate of drug-likeness (QED) is 0.668. The van der Waals surface area contributed by atoms with Gasteiger partial charge >= 0.3 is 5.69 Å². The van der Waals surface area contributed by atoms with Crippen molar-refractivity contribution in [2.75, 3.05) is 12.4 Å². The number of benzene rings is 1. The van der Waals surface area contributed by atoms with Crippen molar-refractivity contribution >= 4 is 11.5 Å². The zero-order chi connectivity index (χ0) is 14.5. The van der Waals surface area contributed by atoms with Gasteiger partial charge in [0.05, 0.1) is 18.1 Å². The summed E-state index contributed by atoms with van der Waals surface area (Å²) < 4.78 is 5.00. The second kappa shape index (κ2) is 6.01. The van der Waals surface area contributed by atoms with E-state index in [2.05, 4.69) is 10.3 Å². The SMILES string of the molecule is COc1ccc([N+](=O)[O-])c(NC(C)c2ccccc2)n1. The zero-order valence-corrected chi connectivity index (χ0v) is 11.2. The van der Waals surface area contributed by atoms with E-state index in [-0.39, 0.29) is 17.5 Å². The number of hydrogen-bond acceptors (Lipinski definition) is 5. The van der Waals surface area contributed by atoms with Crippen molar-refractivity contribution in [1.29, 1.82) is 0 Å². The Labute approximate surface area is 116 Å². The van der Waals surface area contributed by atoms with Gasteiger partial charge in [0.25, 0.3) is 0 Å². The first kappa shape index (κ1) is 13.8. The Kier molecular flexibility index (Phi) is 4.14. The van der Waals surface area contributed by atoms with Crippen LogP contribution in [0.5, 0.6) is 5.88 Å². The smallest absolute Gasteiger partial charge is 0.311 e. The van der Waals surface area contributed by atoms with E-state index in [1.807, 2.05) is 37.3 Å². The highest BCUT2D eigenvalue weighted by Crippen LogP contribution is 2.28. The molecule has 0 radical (unpaired) electrons. The fourth-order valence-corrected chi connectivity index (χ4v) is 1.83. The molecule has 1 N–H and O–H groups in total. The number of pyridine rings is 1. The third-order valence-corrected chi connectivity index (χ3v) is 2.91. The molecule has 1 unspecified atom stereocenters. The molecule has 2 rings (SSSR count). The number of nitrogens with zero attached hydrogens (tertiary/aromatic N) is 2. The maximum Gasteiger partial charge on any atom is 0.311 e. The van der Waals surface area contributed by atoms with E-state index >= 15 is 0 Å². The average Bonchev–Trinajstić information content (AvgIpc) is 2.47. The summed E-state index contributed by atoms with van der Waals surface area (Å²) in [5.41, 5.74) is 0.944.